The fourth-order valence-electron chi connectivity index (χ4n) is 1.77. The number of carboxylic acid groups (broad SMARTS) is 1. The van der Waals surface area contributed by atoms with Crippen molar-refractivity contribution in [2.45, 2.75) is 26.7 Å². The van der Waals surface area contributed by atoms with E-state index < -0.39 is 5.97 Å². The Morgan fingerprint density at radius 2 is 1.95 bits per heavy atom. The third-order valence-corrected chi connectivity index (χ3v) is 2.78. The summed E-state index contributed by atoms with van der Waals surface area (Å²) in [6, 6.07) is 6.37. The molecule has 0 bridgehead atoms. The molecule has 1 aromatic carbocycles. The number of ether oxygens (including phenoxy) is 2. The normalized spacial score (nSPS) is 12.1. The lowest BCUT2D eigenvalue weighted by Crippen LogP contribution is -2.11. The highest BCUT2D eigenvalue weighted by Crippen LogP contribution is 2.12. The summed E-state index contributed by atoms with van der Waals surface area (Å²) in [6.07, 6.45) is 2.36. The fourth-order valence-corrected chi connectivity index (χ4v) is 1.77. The van der Waals surface area contributed by atoms with Gasteiger partial charge in [-0.2, -0.15) is 0 Å². The molecule has 0 aliphatic rings. The number of hydrogen-bond donors (Lipinski definition) is 1. The highest BCUT2D eigenvalue weighted by molar-refractivity contribution is 5.87. The highest BCUT2D eigenvalue weighted by atomic mass is 16.5. The van der Waals surface area contributed by atoms with Crippen molar-refractivity contribution in [2.75, 3.05) is 19.8 Å². The van der Waals surface area contributed by atoms with E-state index in [9.17, 15) is 4.79 Å². The van der Waals surface area contributed by atoms with Crippen molar-refractivity contribution in [1.29, 1.82) is 0 Å². The molecule has 1 rings (SSSR count). The standard InChI is InChI=1S/C15H22O4/c1-3-4-12(2)11-18-9-10-19-14-7-5-13(6-8-14)15(16)17/h5-8,12H,3-4,9-11H2,1-2H3,(H,16,17). The van der Waals surface area contributed by atoms with Gasteiger partial charge in [0.05, 0.1) is 12.2 Å². The fraction of sp³-hybridized carbons (Fsp3) is 0.533. The number of benzene rings is 1. The first-order valence-electron chi connectivity index (χ1n) is 6.67. The van der Waals surface area contributed by atoms with Crippen LogP contribution >= 0.6 is 0 Å². The Kier molecular flexibility index (Phi) is 6.97. The van der Waals surface area contributed by atoms with Crippen molar-refractivity contribution < 1.29 is 19.4 Å². The van der Waals surface area contributed by atoms with Gasteiger partial charge in [-0.15, -0.1) is 0 Å². The van der Waals surface area contributed by atoms with Crippen LogP contribution in [-0.2, 0) is 4.74 Å². The van der Waals surface area contributed by atoms with Gasteiger partial charge in [-0.3, -0.25) is 0 Å². The third kappa shape index (κ3) is 6.25. The van der Waals surface area contributed by atoms with Gasteiger partial charge in [-0.05, 0) is 36.6 Å². The zero-order valence-corrected chi connectivity index (χ0v) is 11.6. The second-order valence-corrected chi connectivity index (χ2v) is 4.65. The SMILES string of the molecule is CCCC(C)COCCOc1ccc(C(=O)O)cc1. The molecule has 0 saturated heterocycles. The molecular weight excluding hydrogens is 244 g/mol. The van der Waals surface area contributed by atoms with Crippen molar-refractivity contribution in [1.82, 2.24) is 0 Å². The second kappa shape index (κ2) is 8.53. The number of rotatable bonds is 9. The van der Waals surface area contributed by atoms with Gasteiger partial charge in [-0.25, -0.2) is 4.79 Å². The summed E-state index contributed by atoms with van der Waals surface area (Å²) in [5.41, 5.74) is 0.261. The molecule has 4 nitrogen and oxygen atoms in total. The molecule has 1 unspecified atom stereocenters. The van der Waals surface area contributed by atoms with Crippen molar-refractivity contribution >= 4 is 5.97 Å². The van der Waals surface area contributed by atoms with Gasteiger partial charge in [0, 0.05) is 6.61 Å². The molecule has 1 aromatic rings. The first-order chi connectivity index (χ1) is 9.13. The molecule has 0 aliphatic heterocycles. The molecule has 19 heavy (non-hydrogen) atoms. The minimum atomic E-state index is -0.931. The lowest BCUT2D eigenvalue weighted by atomic mass is 10.1. The van der Waals surface area contributed by atoms with Crippen LogP contribution in [0.25, 0.3) is 0 Å². The van der Waals surface area contributed by atoms with E-state index in [1.54, 1.807) is 12.1 Å². The largest absolute Gasteiger partial charge is 0.491 e. The van der Waals surface area contributed by atoms with Gasteiger partial charge in [0.25, 0.3) is 0 Å². The lowest BCUT2D eigenvalue weighted by Gasteiger charge is -2.11. The van der Waals surface area contributed by atoms with Crippen LogP contribution in [0.15, 0.2) is 24.3 Å². The summed E-state index contributed by atoms with van der Waals surface area (Å²) in [4.78, 5) is 10.7. The summed E-state index contributed by atoms with van der Waals surface area (Å²) < 4.78 is 11.0. The van der Waals surface area contributed by atoms with Crippen LogP contribution < -0.4 is 4.74 Å². The van der Waals surface area contributed by atoms with Gasteiger partial charge in [0.1, 0.15) is 12.4 Å². The van der Waals surface area contributed by atoms with Crippen molar-refractivity contribution in [3.63, 3.8) is 0 Å². The predicted molar refractivity (Wildman–Crippen MR) is 73.8 cm³/mol. The van der Waals surface area contributed by atoms with Crippen LogP contribution in [0.1, 0.15) is 37.0 Å². The quantitative estimate of drug-likeness (QED) is 0.697. The van der Waals surface area contributed by atoms with Crippen LogP contribution in [0.4, 0.5) is 0 Å². The topological polar surface area (TPSA) is 55.8 Å². The molecule has 0 radical (unpaired) electrons. The number of hydrogen-bond acceptors (Lipinski definition) is 3. The Hall–Kier alpha value is -1.55. The van der Waals surface area contributed by atoms with Gasteiger partial charge in [0.15, 0.2) is 0 Å². The number of carboxylic acids is 1. The number of aromatic carboxylic acids is 1. The van der Waals surface area contributed by atoms with E-state index in [0.29, 0.717) is 24.9 Å². The molecule has 1 atom stereocenters. The summed E-state index contributed by atoms with van der Waals surface area (Å²) in [5, 5.41) is 8.76. The summed E-state index contributed by atoms with van der Waals surface area (Å²) >= 11 is 0. The Morgan fingerprint density at radius 1 is 1.26 bits per heavy atom. The van der Waals surface area contributed by atoms with E-state index >= 15 is 0 Å². The summed E-state index contributed by atoms with van der Waals surface area (Å²) in [5.74, 6) is 0.315. The first-order valence-corrected chi connectivity index (χ1v) is 6.67. The van der Waals surface area contributed by atoms with E-state index in [2.05, 4.69) is 13.8 Å². The zero-order valence-electron chi connectivity index (χ0n) is 11.6. The van der Waals surface area contributed by atoms with Crippen LogP contribution in [-0.4, -0.2) is 30.9 Å². The average Bonchev–Trinajstić information content (AvgIpc) is 2.39. The molecule has 0 spiro atoms. The third-order valence-electron chi connectivity index (χ3n) is 2.78. The molecular formula is C15H22O4. The minimum Gasteiger partial charge on any atom is -0.491 e. The molecule has 0 saturated carbocycles. The van der Waals surface area contributed by atoms with E-state index in [0.717, 1.165) is 6.61 Å². The molecule has 0 amide bonds. The number of carbonyl (C=O) groups is 1. The van der Waals surface area contributed by atoms with Crippen LogP contribution in [0.5, 0.6) is 5.75 Å². The zero-order chi connectivity index (χ0) is 14.1. The Morgan fingerprint density at radius 3 is 2.53 bits per heavy atom. The maximum absolute atomic E-state index is 10.7. The maximum Gasteiger partial charge on any atom is 0.335 e. The van der Waals surface area contributed by atoms with Crippen LogP contribution in [0, 0.1) is 5.92 Å². The molecule has 106 valence electrons. The molecule has 0 aliphatic carbocycles. The Bertz CT molecular complexity index is 372. The minimum absolute atomic E-state index is 0.261. The molecule has 0 heterocycles. The molecule has 0 aromatic heterocycles. The molecule has 1 N–H and O–H groups in total. The monoisotopic (exact) mass is 266 g/mol. The molecule has 0 fully saturated rings. The van der Waals surface area contributed by atoms with Gasteiger partial charge < -0.3 is 14.6 Å². The van der Waals surface area contributed by atoms with E-state index in [1.165, 1.54) is 25.0 Å². The van der Waals surface area contributed by atoms with E-state index in [1.807, 2.05) is 0 Å². The average molecular weight is 266 g/mol. The van der Waals surface area contributed by atoms with Gasteiger partial charge in [-0.1, -0.05) is 20.3 Å². The summed E-state index contributed by atoms with van der Waals surface area (Å²) in [6.45, 7) is 6.13. The summed E-state index contributed by atoms with van der Waals surface area (Å²) in [7, 11) is 0. The second-order valence-electron chi connectivity index (χ2n) is 4.65. The van der Waals surface area contributed by atoms with Crippen molar-refractivity contribution in [3.05, 3.63) is 29.8 Å². The lowest BCUT2D eigenvalue weighted by molar-refractivity contribution is 0.0696. The van der Waals surface area contributed by atoms with E-state index in [-0.39, 0.29) is 5.56 Å². The Balaban J connectivity index is 2.17. The Labute approximate surface area is 114 Å². The predicted octanol–water partition coefficient (Wildman–Crippen LogP) is 3.22. The van der Waals surface area contributed by atoms with Crippen LogP contribution in [0.2, 0.25) is 0 Å². The smallest absolute Gasteiger partial charge is 0.335 e. The maximum atomic E-state index is 10.7. The van der Waals surface area contributed by atoms with Crippen LogP contribution in [0.3, 0.4) is 0 Å². The van der Waals surface area contributed by atoms with Gasteiger partial charge >= 0.3 is 5.97 Å². The van der Waals surface area contributed by atoms with Gasteiger partial charge in [0.2, 0.25) is 0 Å². The van der Waals surface area contributed by atoms with E-state index in [4.69, 9.17) is 14.6 Å². The van der Waals surface area contributed by atoms with Crippen molar-refractivity contribution in [3.8, 4) is 5.75 Å². The first kappa shape index (κ1) is 15.5. The highest BCUT2D eigenvalue weighted by Gasteiger charge is 2.03. The van der Waals surface area contributed by atoms with Crippen molar-refractivity contribution in [2.24, 2.45) is 5.92 Å². The molecule has 4 heteroatoms.